The molecule has 0 radical (unpaired) electrons. The molecule has 0 amide bonds. The Bertz CT molecular complexity index is 574. The monoisotopic (exact) mass is 322 g/mol. The van der Waals surface area contributed by atoms with Crippen LogP contribution in [0.2, 0.25) is 0 Å². The number of hydrogen-bond donors (Lipinski definition) is 1. The van der Waals surface area contributed by atoms with Crippen molar-refractivity contribution >= 4 is 5.97 Å². The van der Waals surface area contributed by atoms with Crippen molar-refractivity contribution in [2.45, 2.75) is 65.1 Å². The van der Waals surface area contributed by atoms with Crippen LogP contribution in [0.25, 0.3) is 0 Å². The number of hydrogen-bond acceptors (Lipinski definition) is 3. The molecule has 1 aliphatic rings. The number of ether oxygens (including phenoxy) is 1. The van der Waals surface area contributed by atoms with E-state index >= 15 is 0 Å². The minimum atomic E-state index is -1.15. The standard InChI is InChI=1S/C19H27FO3/c1-11(2)16-14-9-7-13(20)10-12(14)6-8-15(16)17(21)18(22)23-19(3,4)5/h7,9-11,15-17,21H,6,8H2,1-5H3. The highest BCUT2D eigenvalue weighted by Crippen LogP contribution is 2.43. The van der Waals surface area contributed by atoms with Crippen LogP contribution in [0, 0.1) is 17.7 Å². The van der Waals surface area contributed by atoms with E-state index < -0.39 is 17.7 Å². The first-order valence-corrected chi connectivity index (χ1v) is 8.29. The van der Waals surface area contributed by atoms with Crippen molar-refractivity contribution in [3.8, 4) is 0 Å². The van der Waals surface area contributed by atoms with Gasteiger partial charge in [0.25, 0.3) is 0 Å². The Hall–Kier alpha value is -1.42. The number of esters is 1. The van der Waals surface area contributed by atoms with Crippen LogP contribution in [0.1, 0.15) is 58.1 Å². The van der Waals surface area contributed by atoms with Crippen LogP contribution in [0.3, 0.4) is 0 Å². The molecule has 2 rings (SSSR count). The second-order valence-corrected chi connectivity index (χ2v) is 7.79. The van der Waals surface area contributed by atoms with Crippen LogP contribution in [0.5, 0.6) is 0 Å². The fourth-order valence-corrected chi connectivity index (χ4v) is 3.59. The van der Waals surface area contributed by atoms with Crippen LogP contribution in [-0.2, 0) is 16.0 Å². The van der Waals surface area contributed by atoms with Gasteiger partial charge in [-0.15, -0.1) is 0 Å². The van der Waals surface area contributed by atoms with E-state index in [0.29, 0.717) is 12.8 Å². The Kier molecular flexibility index (Phi) is 5.14. The molecule has 128 valence electrons. The zero-order valence-electron chi connectivity index (χ0n) is 14.6. The van der Waals surface area contributed by atoms with E-state index in [1.54, 1.807) is 32.9 Å². The minimum Gasteiger partial charge on any atom is -0.458 e. The molecule has 0 saturated carbocycles. The van der Waals surface area contributed by atoms with Crippen LogP contribution in [0.4, 0.5) is 4.39 Å². The normalized spacial score (nSPS) is 22.6. The topological polar surface area (TPSA) is 46.5 Å². The van der Waals surface area contributed by atoms with Gasteiger partial charge >= 0.3 is 5.97 Å². The number of benzene rings is 1. The smallest absolute Gasteiger partial charge is 0.335 e. The van der Waals surface area contributed by atoms with E-state index in [4.69, 9.17) is 4.74 Å². The van der Waals surface area contributed by atoms with Crippen LogP contribution >= 0.6 is 0 Å². The lowest BCUT2D eigenvalue weighted by molar-refractivity contribution is -0.169. The minimum absolute atomic E-state index is 0.0156. The van der Waals surface area contributed by atoms with Crippen LogP contribution in [-0.4, -0.2) is 22.8 Å². The number of carbonyl (C=O) groups excluding carboxylic acids is 1. The number of halogens is 1. The molecule has 3 atom stereocenters. The third-order valence-corrected chi connectivity index (χ3v) is 4.44. The van der Waals surface area contributed by atoms with E-state index in [2.05, 4.69) is 13.8 Å². The molecule has 0 spiro atoms. The molecule has 4 heteroatoms. The Morgan fingerprint density at radius 1 is 1.35 bits per heavy atom. The summed E-state index contributed by atoms with van der Waals surface area (Å²) in [6, 6.07) is 4.82. The van der Waals surface area contributed by atoms with Crippen molar-refractivity contribution in [2.75, 3.05) is 0 Å². The van der Waals surface area contributed by atoms with Crippen molar-refractivity contribution in [1.29, 1.82) is 0 Å². The maximum atomic E-state index is 13.5. The van der Waals surface area contributed by atoms with Crippen molar-refractivity contribution in [3.63, 3.8) is 0 Å². The van der Waals surface area contributed by atoms with Crippen molar-refractivity contribution in [3.05, 3.63) is 35.1 Å². The number of aryl methyl sites for hydroxylation is 1. The number of rotatable bonds is 3. The fourth-order valence-electron chi connectivity index (χ4n) is 3.59. The molecule has 0 saturated heterocycles. The third-order valence-electron chi connectivity index (χ3n) is 4.44. The Morgan fingerprint density at radius 3 is 2.57 bits per heavy atom. The van der Waals surface area contributed by atoms with E-state index in [1.807, 2.05) is 0 Å². The van der Waals surface area contributed by atoms with Crippen molar-refractivity contribution in [2.24, 2.45) is 11.8 Å². The van der Waals surface area contributed by atoms with Gasteiger partial charge in [0.15, 0.2) is 6.10 Å². The molecule has 1 aliphatic carbocycles. The summed E-state index contributed by atoms with van der Waals surface area (Å²) in [6.45, 7) is 9.50. The summed E-state index contributed by atoms with van der Waals surface area (Å²) in [5, 5.41) is 10.6. The SMILES string of the molecule is CC(C)C1c2ccc(F)cc2CCC1C(O)C(=O)OC(C)(C)C. The largest absolute Gasteiger partial charge is 0.458 e. The zero-order valence-corrected chi connectivity index (χ0v) is 14.6. The van der Waals surface area contributed by atoms with Gasteiger partial charge in [-0.1, -0.05) is 19.9 Å². The van der Waals surface area contributed by atoms with Gasteiger partial charge in [-0.05, 0) is 68.7 Å². The summed E-state index contributed by atoms with van der Waals surface area (Å²) in [5.74, 6) is -0.762. The van der Waals surface area contributed by atoms with Crippen molar-refractivity contribution in [1.82, 2.24) is 0 Å². The first-order chi connectivity index (χ1) is 10.6. The molecule has 0 fully saturated rings. The molecule has 1 N–H and O–H groups in total. The van der Waals surface area contributed by atoms with Gasteiger partial charge in [-0.2, -0.15) is 0 Å². The zero-order chi connectivity index (χ0) is 17.4. The highest BCUT2D eigenvalue weighted by Gasteiger charge is 2.40. The molecular weight excluding hydrogens is 295 g/mol. The predicted molar refractivity (Wildman–Crippen MR) is 87.6 cm³/mol. The Morgan fingerprint density at radius 2 is 2.00 bits per heavy atom. The molecule has 0 bridgehead atoms. The van der Waals surface area contributed by atoms with Gasteiger partial charge in [0.05, 0.1) is 0 Å². The van der Waals surface area contributed by atoms with Gasteiger partial charge in [0.2, 0.25) is 0 Å². The summed E-state index contributed by atoms with van der Waals surface area (Å²) in [4.78, 5) is 12.3. The third kappa shape index (κ3) is 4.11. The number of carbonyl (C=O) groups is 1. The van der Waals surface area contributed by atoms with Gasteiger partial charge < -0.3 is 9.84 Å². The highest BCUT2D eigenvalue weighted by molar-refractivity contribution is 5.75. The average Bonchev–Trinajstić information content (AvgIpc) is 2.42. The molecule has 0 aromatic heterocycles. The van der Waals surface area contributed by atoms with Crippen LogP contribution < -0.4 is 0 Å². The van der Waals surface area contributed by atoms with Gasteiger partial charge in [0.1, 0.15) is 11.4 Å². The molecule has 0 heterocycles. The summed E-state index contributed by atoms with van der Waals surface area (Å²) in [6.07, 6.45) is 0.167. The fraction of sp³-hybridized carbons (Fsp3) is 0.632. The molecule has 1 aromatic rings. The molecule has 0 aliphatic heterocycles. The Labute approximate surface area is 137 Å². The van der Waals surface area contributed by atoms with Gasteiger partial charge in [-0.3, -0.25) is 0 Å². The molecular formula is C19H27FO3. The number of aliphatic hydroxyl groups is 1. The molecule has 3 nitrogen and oxygen atoms in total. The first-order valence-electron chi connectivity index (χ1n) is 8.29. The maximum absolute atomic E-state index is 13.5. The molecule has 1 aromatic carbocycles. The summed E-state index contributed by atoms with van der Waals surface area (Å²) >= 11 is 0. The van der Waals surface area contributed by atoms with Gasteiger partial charge in [-0.25, -0.2) is 9.18 Å². The van der Waals surface area contributed by atoms with E-state index in [1.165, 1.54) is 6.07 Å². The molecule has 3 unspecified atom stereocenters. The van der Waals surface area contributed by atoms with Gasteiger partial charge in [0, 0.05) is 5.92 Å². The lowest BCUT2D eigenvalue weighted by atomic mass is 9.68. The Balaban J connectivity index is 2.29. The average molecular weight is 322 g/mol. The summed E-state index contributed by atoms with van der Waals surface area (Å²) in [5.41, 5.74) is 1.40. The quantitative estimate of drug-likeness (QED) is 0.860. The molecule has 23 heavy (non-hydrogen) atoms. The first kappa shape index (κ1) is 17.9. The van der Waals surface area contributed by atoms with Crippen LogP contribution in [0.15, 0.2) is 18.2 Å². The highest BCUT2D eigenvalue weighted by atomic mass is 19.1. The van der Waals surface area contributed by atoms with Crippen molar-refractivity contribution < 1.29 is 19.0 Å². The lowest BCUT2D eigenvalue weighted by Gasteiger charge is -2.38. The second-order valence-electron chi connectivity index (χ2n) is 7.79. The second kappa shape index (κ2) is 6.60. The maximum Gasteiger partial charge on any atom is 0.335 e. The lowest BCUT2D eigenvalue weighted by Crippen LogP contribution is -2.41. The van der Waals surface area contributed by atoms with E-state index in [0.717, 1.165) is 11.1 Å². The summed E-state index contributed by atoms with van der Waals surface area (Å²) in [7, 11) is 0. The van der Waals surface area contributed by atoms with E-state index in [9.17, 15) is 14.3 Å². The summed E-state index contributed by atoms with van der Waals surface area (Å²) < 4.78 is 18.8. The van der Waals surface area contributed by atoms with E-state index in [-0.39, 0.29) is 23.6 Å². The number of aliphatic hydroxyl groups excluding tert-OH is 1. The predicted octanol–water partition coefficient (Wildman–Crippen LogP) is 3.83. The number of fused-ring (bicyclic) bond motifs is 1.